The van der Waals surface area contributed by atoms with Gasteiger partial charge in [0.1, 0.15) is 0 Å². The lowest BCUT2D eigenvalue weighted by Gasteiger charge is -2.21. The second-order valence-corrected chi connectivity index (χ2v) is 7.07. The van der Waals surface area contributed by atoms with E-state index in [0.29, 0.717) is 5.39 Å². The number of anilines is 1. The third-order valence-electron chi connectivity index (χ3n) is 3.62. The number of rotatable bonds is 5. The van der Waals surface area contributed by atoms with Gasteiger partial charge in [0.15, 0.2) is 0 Å². The first-order valence-electron chi connectivity index (χ1n) is 7.22. The van der Waals surface area contributed by atoms with Crippen LogP contribution in [0.25, 0.3) is 10.8 Å². The highest BCUT2D eigenvalue weighted by Crippen LogP contribution is 2.31. The first-order chi connectivity index (χ1) is 10.8. The molecule has 23 heavy (non-hydrogen) atoms. The number of carbonyl (C=O) groups excluding carboxylic acids is 1. The topological polar surface area (TPSA) is 57.7 Å². The number of benzene rings is 2. The molecule has 6 heteroatoms. The van der Waals surface area contributed by atoms with E-state index in [0.717, 1.165) is 21.5 Å². The summed E-state index contributed by atoms with van der Waals surface area (Å²) in [5.41, 5.74) is 0.914. The normalized spacial score (nSPS) is 11.3. The van der Waals surface area contributed by atoms with Crippen molar-refractivity contribution in [2.75, 3.05) is 25.5 Å². The van der Waals surface area contributed by atoms with Gasteiger partial charge in [0, 0.05) is 37.1 Å². The molecule has 0 unspecified atom stereocenters. The Bertz CT molecular complexity index is 857. The Kier molecular flexibility index (Phi) is 4.75. The van der Waals surface area contributed by atoms with Crippen LogP contribution in [0.2, 0.25) is 0 Å². The molecule has 2 aromatic rings. The third kappa shape index (κ3) is 2.94. The Morgan fingerprint density at radius 1 is 1.13 bits per heavy atom. The van der Waals surface area contributed by atoms with Crippen LogP contribution in [0.1, 0.15) is 6.92 Å². The summed E-state index contributed by atoms with van der Waals surface area (Å²) in [5.74, 6) is -0.631. The van der Waals surface area contributed by atoms with E-state index in [4.69, 9.17) is 0 Å². The number of hydrogen-bond acceptors (Lipinski definition) is 4. The van der Waals surface area contributed by atoms with Crippen LogP contribution in [-0.2, 0) is 14.8 Å². The van der Waals surface area contributed by atoms with Crippen molar-refractivity contribution >= 4 is 32.4 Å². The maximum Gasteiger partial charge on any atom is 0.267 e. The van der Waals surface area contributed by atoms with Crippen molar-refractivity contribution in [2.45, 2.75) is 11.8 Å². The Morgan fingerprint density at radius 2 is 1.74 bits per heavy atom. The molecule has 0 bridgehead atoms. The van der Waals surface area contributed by atoms with Crippen molar-refractivity contribution in [2.24, 2.45) is 0 Å². The monoisotopic (exact) mass is 332 g/mol. The van der Waals surface area contributed by atoms with E-state index in [2.05, 4.69) is 6.58 Å². The summed E-state index contributed by atoms with van der Waals surface area (Å²) >= 11 is 0. The summed E-state index contributed by atoms with van der Waals surface area (Å²) < 4.78 is 26.6. The minimum absolute atomic E-state index is 0.0525. The first kappa shape index (κ1) is 17.0. The van der Waals surface area contributed by atoms with Gasteiger partial charge in [0.25, 0.3) is 15.9 Å². The van der Waals surface area contributed by atoms with Gasteiger partial charge in [-0.05, 0) is 25.1 Å². The zero-order chi connectivity index (χ0) is 17.2. The maximum absolute atomic E-state index is 12.9. The Morgan fingerprint density at radius 3 is 2.30 bits per heavy atom. The van der Waals surface area contributed by atoms with Crippen LogP contribution in [0.3, 0.4) is 0 Å². The molecule has 0 spiro atoms. The summed E-state index contributed by atoms with van der Waals surface area (Å²) in [4.78, 5) is 13.9. The van der Waals surface area contributed by atoms with Gasteiger partial charge in [-0.25, -0.2) is 12.7 Å². The SMILES string of the molecule is C=CC(=O)N(CC)S(=O)(=O)c1cccc2c(N(C)C)cccc12. The fourth-order valence-corrected chi connectivity index (χ4v) is 4.14. The lowest BCUT2D eigenvalue weighted by molar-refractivity contribution is -0.121. The molecule has 2 rings (SSSR count). The van der Waals surface area contributed by atoms with E-state index < -0.39 is 15.9 Å². The Labute approximate surface area is 136 Å². The van der Waals surface area contributed by atoms with Crippen LogP contribution >= 0.6 is 0 Å². The minimum Gasteiger partial charge on any atom is -0.377 e. The summed E-state index contributed by atoms with van der Waals surface area (Å²) in [6, 6.07) is 10.6. The average molecular weight is 332 g/mol. The highest BCUT2D eigenvalue weighted by atomic mass is 32.2. The average Bonchev–Trinajstić information content (AvgIpc) is 2.53. The Hall–Kier alpha value is -2.34. The smallest absolute Gasteiger partial charge is 0.267 e. The second-order valence-electron chi connectivity index (χ2n) is 5.23. The molecule has 0 aromatic heterocycles. The van der Waals surface area contributed by atoms with Gasteiger partial charge in [-0.15, -0.1) is 0 Å². The van der Waals surface area contributed by atoms with Gasteiger partial charge >= 0.3 is 0 Å². The van der Waals surface area contributed by atoms with Gasteiger partial charge in [0.05, 0.1) is 4.90 Å². The molecule has 5 nitrogen and oxygen atoms in total. The van der Waals surface area contributed by atoms with E-state index in [1.54, 1.807) is 19.1 Å². The summed E-state index contributed by atoms with van der Waals surface area (Å²) in [6.45, 7) is 5.05. The van der Waals surface area contributed by atoms with Crippen LogP contribution in [-0.4, -0.2) is 39.3 Å². The fraction of sp³-hybridized carbons (Fsp3) is 0.235. The van der Waals surface area contributed by atoms with Crippen LogP contribution in [0.5, 0.6) is 0 Å². The number of nitrogens with zero attached hydrogens (tertiary/aromatic N) is 2. The number of fused-ring (bicyclic) bond motifs is 1. The van der Waals surface area contributed by atoms with Crippen molar-refractivity contribution < 1.29 is 13.2 Å². The molecule has 0 aliphatic carbocycles. The van der Waals surface area contributed by atoms with Crippen molar-refractivity contribution in [1.29, 1.82) is 0 Å². The lowest BCUT2D eigenvalue weighted by atomic mass is 10.1. The van der Waals surface area contributed by atoms with Gasteiger partial charge in [-0.3, -0.25) is 4.79 Å². The molecule has 2 aromatic carbocycles. The van der Waals surface area contributed by atoms with Crippen molar-refractivity contribution in [3.8, 4) is 0 Å². The van der Waals surface area contributed by atoms with Gasteiger partial charge < -0.3 is 4.90 Å². The molecule has 0 fully saturated rings. The van der Waals surface area contributed by atoms with E-state index in [9.17, 15) is 13.2 Å². The van der Waals surface area contributed by atoms with Crippen LogP contribution in [0.15, 0.2) is 53.9 Å². The lowest BCUT2D eigenvalue weighted by Crippen LogP contribution is -2.35. The summed E-state index contributed by atoms with van der Waals surface area (Å²) in [7, 11) is -0.141. The molecule has 0 N–H and O–H groups in total. The molecule has 0 radical (unpaired) electrons. The highest BCUT2D eigenvalue weighted by molar-refractivity contribution is 7.90. The number of amides is 1. The molecule has 0 aliphatic rings. The third-order valence-corrected chi connectivity index (χ3v) is 5.55. The summed E-state index contributed by atoms with van der Waals surface area (Å²) in [6.07, 6.45) is 1.01. The largest absolute Gasteiger partial charge is 0.377 e. The number of hydrogen-bond donors (Lipinski definition) is 0. The van der Waals surface area contributed by atoms with E-state index >= 15 is 0 Å². The molecule has 0 atom stereocenters. The predicted octanol–water partition coefficient (Wildman–Crippen LogP) is 2.63. The van der Waals surface area contributed by atoms with Crippen LogP contribution in [0.4, 0.5) is 5.69 Å². The van der Waals surface area contributed by atoms with Crippen LogP contribution < -0.4 is 4.90 Å². The van der Waals surface area contributed by atoms with E-state index in [1.807, 2.05) is 37.2 Å². The first-order valence-corrected chi connectivity index (χ1v) is 8.66. The molecule has 122 valence electrons. The second kappa shape index (κ2) is 6.42. The molecule has 0 saturated heterocycles. The van der Waals surface area contributed by atoms with E-state index in [-0.39, 0.29) is 11.4 Å². The number of likely N-dealkylation sites (N-methyl/N-ethyl adjacent to an activating group) is 1. The predicted molar refractivity (Wildman–Crippen MR) is 93.0 cm³/mol. The van der Waals surface area contributed by atoms with Crippen molar-refractivity contribution in [1.82, 2.24) is 4.31 Å². The maximum atomic E-state index is 12.9. The fourth-order valence-electron chi connectivity index (χ4n) is 2.54. The van der Waals surface area contributed by atoms with Gasteiger partial charge in [0.2, 0.25) is 0 Å². The zero-order valence-corrected chi connectivity index (χ0v) is 14.3. The molecule has 0 saturated carbocycles. The minimum atomic E-state index is -3.94. The van der Waals surface area contributed by atoms with E-state index in [1.165, 1.54) is 6.07 Å². The molecular formula is C17H20N2O3S. The zero-order valence-electron chi connectivity index (χ0n) is 13.5. The molecule has 0 heterocycles. The Balaban J connectivity index is 2.76. The quantitative estimate of drug-likeness (QED) is 0.790. The molecule has 0 aliphatic heterocycles. The standard InChI is InChI=1S/C17H20N2O3S/c1-5-17(20)19(6-2)23(21,22)16-12-8-9-13-14(16)10-7-11-15(13)18(3)4/h5,7-12H,1,6H2,2-4H3. The van der Waals surface area contributed by atoms with Crippen molar-refractivity contribution in [3.05, 3.63) is 49.1 Å². The number of carbonyl (C=O) groups is 1. The number of sulfonamides is 1. The van der Waals surface area contributed by atoms with Crippen molar-refractivity contribution in [3.63, 3.8) is 0 Å². The molecular weight excluding hydrogens is 312 g/mol. The molecule has 1 amide bonds. The van der Waals surface area contributed by atoms with Crippen LogP contribution in [0, 0.1) is 0 Å². The highest BCUT2D eigenvalue weighted by Gasteiger charge is 2.28. The van der Waals surface area contributed by atoms with Gasteiger partial charge in [-0.2, -0.15) is 0 Å². The van der Waals surface area contributed by atoms with Gasteiger partial charge in [-0.1, -0.05) is 30.8 Å². The summed E-state index contributed by atoms with van der Waals surface area (Å²) in [5, 5.41) is 1.41.